The van der Waals surface area contributed by atoms with E-state index in [9.17, 15) is 71.2 Å². The van der Waals surface area contributed by atoms with E-state index < -0.39 is 149 Å². The third-order valence-corrected chi connectivity index (χ3v) is 9.28. The molecule has 4 rings (SSSR count). The molecule has 52 heavy (non-hydrogen) atoms. The summed E-state index contributed by atoms with van der Waals surface area (Å²) in [6.07, 6.45) is -34.8. The van der Waals surface area contributed by atoms with Gasteiger partial charge < -0.3 is 110 Å². The lowest BCUT2D eigenvalue weighted by atomic mass is 9.95. The maximum absolute atomic E-state index is 12.1. The van der Waals surface area contributed by atoms with E-state index >= 15 is 0 Å². The van der Waals surface area contributed by atoms with E-state index in [0.29, 0.717) is 25.8 Å². The zero-order valence-corrected chi connectivity index (χ0v) is 27.8. The van der Waals surface area contributed by atoms with Crippen molar-refractivity contribution in [2.24, 2.45) is 5.73 Å². The Hall–Kier alpha value is -1.37. The van der Waals surface area contributed by atoms with E-state index in [0.717, 1.165) is 0 Å². The average Bonchev–Trinajstić information content (AvgIpc) is 3.13. The molecule has 0 aromatic carbocycles. The first kappa shape index (κ1) is 43.4. The molecule has 0 spiro atoms. The van der Waals surface area contributed by atoms with E-state index in [1.54, 1.807) is 0 Å². The highest BCUT2D eigenvalue weighted by atomic mass is 16.8. The number of carboxylic acid groups (broad SMARTS) is 1. The Kier molecular flexibility index (Phi) is 16.2. The second-order valence-corrected chi connectivity index (χ2v) is 12.9. The predicted molar refractivity (Wildman–Crippen MR) is 161 cm³/mol. The van der Waals surface area contributed by atoms with Crippen LogP contribution in [-0.4, -0.2) is 228 Å². The van der Waals surface area contributed by atoms with Gasteiger partial charge in [-0.1, -0.05) is 0 Å². The maximum Gasteiger partial charge on any atom is 0.335 e. The fraction of sp³-hybridized carbons (Fsp3) is 0.966. The van der Waals surface area contributed by atoms with Crippen LogP contribution in [0.15, 0.2) is 0 Å². The van der Waals surface area contributed by atoms with Crippen molar-refractivity contribution in [2.45, 2.75) is 142 Å². The summed E-state index contributed by atoms with van der Waals surface area (Å²) in [5.74, 6) is -1.65. The van der Waals surface area contributed by atoms with Crippen molar-refractivity contribution in [3.8, 4) is 0 Å². The standard InChI is InChI=1S/C29H51NO22/c30-4-2-1-3-5-45-26-18(40)16(38)23(24(52-26)25(43)44)51-29-20(42)15(37)22(11(8-33)48-29)50-28-19(41)14(36)21(10(7-32)47-28)49-27-17(39)13(35)12(34)9(6-31)46-27/h9-24,26-29,31-42H,1-8,30H2,(H,43,44)/t9?,10?,11?,12-,13?,14?,15?,16?,17?,18?,19?,20?,21-,22+,23+,24?,26-,27+,28-,29-/m1/s1. The van der Waals surface area contributed by atoms with Crippen LogP contribution in [0.5, 0.6) is 0 Å². The number of nitrogens with two attached hydrogens (primary N) is 1. The molecular formula is C29H51NO22. The number of hydrogen-bond donors (Lipinski definition) is 14. The van der Waals surface area contributed by atoms with Gasteiger partial charge in [0.1, 0.15) is 91.6 Å². The van der Waals surface area contributed by atoms with Gasteiger partial charge in [0.25, 0.3) is 0 Å². The first-order chi connectivity index (χ1) is 24.7. The van der Waals surface area contributed by atoms with Crippen molar-refractivity contribution in [2.75, 3.05) is 33.0 Å². The molecule has 12 unspecified atom stereocenters. The molecule has 4 fully saturated rings. The van der Waals surface area contributed by atoms with Crippen molar-refractivity contribution < 1.29 is 109 Å². The van der Waals surface area contributed by atoms with Gasteiger partial charge in [-0.15, -0.1) is 0 Å². The summed E-state index contributed by atoms with van der Waals surface area (Å²) in [5, 5.41) is 135. The molecule has 304 valence electrons. The monoisotopic (exact) mass is 765 g/mol. The largest absolute Gasteiger partial charge is 0.479 e. The van der Waals surface area contributed by atoms with Gasteiger partial charge in [0.2, 0.25) is 0 Å². The highest BCUT2D eigenvalue weighted by Crippen LogP contribution is 2.34. The molecule has 4 aliphatic heterocycles. The number of aliphatic carboxylic acids is 1. The van der Waals surface area contributed by atoms with E-state index in [1.807, 2.05) is 0 Å². The number of ether oxygens (including phenoxy) is 8. The third kappa shape index (κ3) is 9.52. The number of carbonyl (C=O) groups is 1. The fourth-order valence-corrected chi connectivity index (χ4v) is 6.26. The highest BCUT2D eigenvalue weighted by Gasteiger charge is 2.56. The molecule has 0 radical (unpaired) electrons. The lowest BCUT2D eigenvalue weighted by Crippen LogP contribution is -2.67. The van der Waals surface area contributed by atoms with Crippen LogP contribution in [0.3, 0.4) is 0 Å². The topological polar surface area (TPSA) is 380 Å². The minimum atomic E-state index is -2.11. The smallest absolute Gasteiger partial charge is 0.335 e. The van der Waals surface area contributed by atoms with E-state index in [4.69, 9.17) is 43.6 Å². The molecule has 4 saturated heterocycles. The number of aliphatic hydroxyl groups excluding tert-OH is 12. The average molecular weight is 766 g/mol. The van der Waals surface area contributed by atoms with Crippen LogP contribution >= 0.6 is 0 Å². The summed E-state index contributed by atoms with van der Waals surface area (Å²) >= 11 is 0. The summed E-state index contributed by atoms with van der Waals surface area (Å²) in [6, 6.07) is 0. The number of aliphatic hydroxyl groups is 12. The summed E-state index contributed by atoms with van der Waals surface area (Å²) in [6.45, 7) is -2.18. The van der Waals surface area contributed by atoms with Gasteiger partial charge in [0, 0.05) is 6.61 Å². The van der Waals surface area contributed by atoms with Gasteiger partial charge in [-0.05, 0) is 25.8 Å². The summed E-state index contributed by atoms with van der Waals surface area (Å²) < 4.78 is 43.7. The SMILES string of the molecule is NCCCCCO[C@@H]1OC(C(=O)O)[C@@H](O[C@H]2OC(CO)[C@H](O[C@H]3OC(CO)[C@@H](O[C@@H]4OC(CO)[C@@H](O)C(O)C4O)C(O)C3O)C(O)C2O)C(O)C1O. The number of hydrogen-bond acceptors (Lipinski definition) is 22. The van der Waals surface area contributed by atoms with Crippen LogP contribution in [0.2, 0.25) is 0 Å². The van der Waals surface area contributed by atoms with Gasteiger partial charge in [-0.3, -0.25) is 0 Å². The predicted octanol–water partition coefficient (Wildman–Crippen LogP) is -8.50. The molecule has 20 atom stereocenters. The van der Waals surface area contributed by atoms with Crippen LogP contribution in [0.4, 0.5) is 0 Å². The third-order valence-electron chi connectivity index (χ3n) is 9.28. The molecule has 0 bridgehead atoms. The molecule has 0 aliphatic carbocycles. The number of carboxylic acids is 1. The van der Waals surface area contributed by atoms with Crippen molar-refractivity contribution >= 4 is 5.97 Å². The minimum absolute atomic E-state index is 0.0456. The summed E-state index contributed by atoms with van der Waals surface area (Å²) in [5.41, 5.74) is 5.44. The molecule has 15 N–H and O–H groups in total. The van der Waals surface area contributed by atoms with Crippen molar-refractivity contribution in [1.29, 1.82) is 0 Å². The van der Waals surface area contributed by atoms with Crippen molar-refractivity contribution in [3.63, 3.8) is 0 Å². The molecule has 0 amide bonds. The Balaban J connectivity index is 1.41. The highest BCUT2D eigenvalue weighted by molar-refractivity contribution is 5.73. The summed E-state index contributed by atoms with van der Waals surface area (Å²) in [7, 11) is 0. The van der Waals surface area contributed by atoms with Gasteiger partial charge in [0.15, 0.2) is 31.3 Å². The van der Waals surface area contributed by atoms with Gasteiger partial charge in [0.05, 0.1) is 19.8 Å². The molecular weight excluding hydrogens is 714 g/mol. The molecule has 4 heterocycles. The Morgan fingerprint density at radius 1 is 0.500 bits per heavy atom. The van der Waals surface area contributed by atoms with E-state index in [-0.39, 0.29) is 6.61 Å². The molecule has 23 heteroatoms. The van der Waals surface area contributed by atoms with E-state index in [1.165, 1.54) is 0 Å². The molecule has 4 aliphatic rings. The lowest BCUT2D eigenvalue weighted by Gasteiger charge is -2.48. The normalized spacial score (nSPS) is 47.3. The molecule has 23 nitrogen and oxygen atoms in total. The Bertz CT molecular complexity index is 1090. The summed E-state index contributed by atoms with van der Waals surface area (Å²) in [4.78, 5) is 12.1. The Labute approximate surface area is 296 Å². The van der Waals surface area contributed by atoms with Crippen LogP contribution < -0.4 is 5.73 Å². The van der Waals surface area contributed by atoms with Crippen LogP contribution in [-0.2, 0) is 42.7 Å². The van der Waals surface area contributed by atoms with Crippen LogP contribution in [0, 0.1) is 0 Å². The van der Waals surface area contributed by atoms with Crippen LogP contribution in [0.1, 0.15) is 19.3 Å². The minimum Gasteiger partial charge on any atom is -0.479 e. The second kappa shape index (κ2) is 19.5. The zero-order valence-electron chi connectivity index (χ0n) is 27.8. The van der Waals surface area contributed by atoms with Crippen LogP contribution in [0.25, 0.3) is 0 Å². The number of rotatable bonds is 16. The Morgan fingerprint density at radius 2 is 0.923 bits per heavy atom. The van der Waals surface area contributed by atoms with Gasteiger partial charge >= 0.3 is 5.97 Å². The fourth-order valence-electron chi connectivity index (χ4n) is 6.26. The number of unbranched alkanes of at least 4 members (excludes halogenated alkanes) is 2. The maximum atomic E-state index is 12.1. The molecule has 0 aromatic rings. The molecule has 0 saturated carbocycles. The lowest BCUT2D eigenvalue weighted by molar-refractivity contribution is -0.387. The van der Waals surface area contributed by atoms with Crippen molar-refractivity contribution in [1.82, 2.24) is 0 Å². The Morgan fingerprint density at radius 3 is 1.38 bits per heavy atom. The van der Waals surface area contributed by atoms with E-state index in [2.05, 4.69) is 0 Å². The second-order valence-electron chi connectivity index (χ2n) is 12.9. The van der Waals surface area contributed by atoms with Gasteiger partial charge in [-0.25, -0.2) is 4.79 Å². The molecule has 0 aromatic heterocycles. The first-order valence-corrected chi connectivity index (χ1v) is 16.8. The first-order valence-electron chi connectivity index (χ1n) is 16.8. The van der Waals surface area contributed by atoms with Gasteiger partial charge in [-0.2, -0.15) is 0 Å². The zero-order chi connectivity index (χ0) is 38.4. The quantitative estimate of drug-likeness (QED) is 0.0649. The van der Waals surface area contributed by atoms with Crippen molar-refractivity contribution in [3.05, 3.63) is 0 Å².